The lowest BCUT2D eigenvalue weighted by Gasteiger charge is -2.35. The molecule has 192 valence electrons. The van der Waals surface area contributed by atoms with Crippen molar-refractivity contribution in [3.05, 3.63) is 55.0 Å². The van der Waals surface area contributed by atoms with Crippen molar-refractivity contribution >= 4 is 40.1 Å². The van der Waals surface area contributed by atoms with E-state index in [1.807, 2.05) is 49.9 Å². The number of nitrogens with one attached hydrogen (secondary N) is 2. The molecule has 0 bridgehead atoms. The SMILES string of the molecule is CC(=O)N1CCN(c2ccc(Nc3cc4[nH]c(-c5cnn(C(=O)OC(C)(C)C)c5)cc4cn3)cc2)CC1. The number of hydrogen-bond acceptors (Lipinski definition) is 7. The number of carbonyl (C=O) groups is 2. The summed E-state index contributed by atoms with van der Waals surface area (Å²) in [5.41, 5.74) is 4.00. The Morgan fingerprint density at radius 2 is 1.76 bits per heavy atom. The van der Waals surface area contributed by atoms with Crippen LogP contribution >= 0.6 is 0 Å². The highest BCUT2D eigenvalue weighted by Gasteiger charge is 2.20. The minimum Gasteiger partial charge on any atom is -0.442 e. The quantitative estimate of drug-likeness (QED) is 0.420. The summed E-state index contributed by atoms with van der Waals surface area (Å²) in [5, 5.41) is 8.45. The number of nitrogens with zero attached hydrogens (tertiary/aromatic N) is 5. The van der Waals surface area contributed by atoms with Crippen molar-refractivity contribution < 1.29 is 14.3 Å². The third-order valence-electron chi connectivity index (χ3n) is 6.21. The highest BCUT2D eigenvalue weighted by Crippen LogP contribution is 2.27. The molecular formula is C27H31N7O3. The Kier molecular flexibility index (Phi) is 6.32. The van der Waals surface area contributed by atoms with E-state index in [1.54, 1.807) is 25.5 Å². The lowest BCUT2D eigenvalue weighted by Crippen LogP contribution is -2.48. The van der Waals surface area contributed by atoms with Gasteiger partial charge >= 0.3 is 6.09 Å². The average molecular weight is 502 g/mol. The first-order valence-electron chi connectivity index (χ1n) is 12.3. The fourth-order valence-corrected chi connectivity index (χ4v) is 4.30. The number of ether oxygens (including phenoxy) is 1. The van der Waals surface area contributed by atoms with E-state index in [-0.39, 0.29) is 5.91 Å². The lowest BCUT2D eigenvalue weighted by atomic mass is 10.2. The fourth-order valence-electron chi connectivity index (χ4n) is 4.30. The number of rotatable bonds is 4. The molecule has 0 saturated carbocycles. The van der Waals surface area contributed by atoms with E-state index >= 15 is 0 Å². The second-order valence-electron chi connectivity index (χ2n) is 10.2. The summed E-state index contributed by atoms with van der Waals surface area (Å²) in [7, 11) is 0. The minimum atomic E-state index is -0.592. The first-order chi connectivity index (χ1) is 17.6. The van der Waals surface area contributed by atoms with Crippen molar-refractivity contribution in [1.82, 2.24) is 24.6 Å². The molecule has 1 fully saturated rings. The molecule has 1 amide bonds. The van der Waals surface area contributed by atoms with Gasteiger partial charge in [0.1, 0.15) is 11.4 Å². The second kappa shape index (κ2) is 9.61. The minimum absolute atomic E-state index is 0.133. The first kappa shape index (κ1) is 24.4. The van der Waals surface area contributed by atoms with E-state index in [0.717, 1.165) is 59.7 Å². The van der Waals surface area contributed by atoms with E-state index < -0.39 is 11.7 Å². The number of anilines is 3. The van der Waals surface area contributed by atoms with Gasteiger partial charge in [-0.15, -0.1) is 0 Å². The number of H-pyrrole nitrogens is 1. The normalized spacial score (nSPS) is 14.2. The van der Waals surface area contributed by atoms with Crippen LogP contribution in [-0.2, 0) is 9.53 Å². The van der Waals surface area contributed by atoms with Crippen LogP contribution in [0.4, 0.5) is 22.0 Å². The Bertz CT molecular complexity index is 1420. The number of amides is 1. The Hall–Kier alpha value is -4.34. The van der Waals surface area contributed by atoms with E-state index in [1.165, 1.54) is 4.68 Å². The summed E-state index contributed by atoms with van der Waals surface area (Å²) < 4.78 is 6.57. The molecule has 0 spiro atoms. The Labute approximate surface area is 215 Å². The number of fused-ring (bicyclic) bond motifs is 1. The molecular weight excluding hydrogens is 470 g/mol. The van der Waals surface area contributed by atoms with Crippen LogP contribution in [0.25, 0.3) is 22.2 Å². The largest absolute Gasteiger partial charge is 0.442 e. The summed E-state index contributed by atoms with van der Waals surface area (Å²) in [6.07, 6.45) is 4.56. The third kappa shape index (κ3) is 5.58. The smallest absolute Gasteiger partial charge is 0.435 e. The van der Waals surface area contributed by atoms with E-state index in [2.05, 4.69) is 37.4 Å². The Balaban J connectivity index is 1.26. The molecule has 1 saturated heterocycles. The molecule has 4 aromatic rings. The molecule has 3 aromatic heterocycles. The van der Waals surface area contributed by atoms with Crippen molar-refractivity contribution in [3.63, 3.8) is 0 Å². The van der Waals surface area contributed by atoms with E-state index in [0.29, 0.717) is 5.82 Å². The van der Waals surface area contributed by atoms with Crippen LogP contribution in [0.3, 0.4) is 0 Å². The molecule has 0 radical (unpaired) electrons. The number of aromatic nitrogens is 4. The van der Waals surface area contributed by atoms with Crippen LogP contribution < -0.4 is 10.2 Å². The van der Waals surface area contributed by atoms with E-state index in [9.17, 15) is 9.59 Å². The summed E-state index contributed by atoms with van der Waals surface area (Å²) in [6, 6.07) is 12.2. The summed E-state index contributed by atoms with van der Waals surface area (Å²) >= 11 is 0. The molecule has 1 aromatic carbocycles. The molecule has 2 N–H and O–H groups in total. The molecule has 0 atom stereocenters. The Morgan fingerprint density at radius 1 is 1.03 bits per heavy atom. The molecule has 10 heteroatoms. The number of aromatic amines is 1. The summed E-state index contributed by atoms with van der Waals surface area (Å²) in [5.74, 6) is 0.849. The van der Waals surface area contributed by atoms with Crippen molar-refractivity contribution in [1.29, 1.82) is 0 Å². The van der Waals surface area contributed by atoms with Crippen LogP contribution in [0.5, 0.6) is 0 Å². The number of piperazine rings is 1. The zero-order valence-corrected chi connectivity index (χ0v) is 21.5. The maximum Gasteiger partial charge on any atom is 0.435 e. The maximum atomic E-state index is 12.3. The van der Waals surface area contributed by atoms with Crippen LogP contribution in [0, 0.1) is 0 Å². The maximum absolute atomic E-state index is 12.3. The van der Waals surface area contributed by atoms with Crippen molar-refractivity contribution in [3.8, 4) is 11.3 Å². The van der Waals surface area contributed by atoms with Gasteiger partial charge in [0.2, 0.25) is 5.91 Å². The van der Waals surface area contributed by atoms with Crippen molar-refractivity contribution in [2.75, 3.05) is 36.4 Å². The van der Waals surface area contributed by atoms with Crippen molar-refractivity contribution in [2.24, 2.45) is 0 Å². The monoisotopic (exact) mass is 501 g/mol. The first-order valence-corrected chi connectivity index (χ1v) is 12.3. The highest BCUT2D eigenvalue weighted by atomic mass is 16.6. The number of pyridine rings is 1. The molecule has 5 rings (SSSR count). The van der Waals surface area contributed by atoms with Gasteiger partial charge in [0, 0.05) is 79.6 Å². The topological polar surface area (TPSA) is 108 Å². The lowest BCUT2D eigenvalue weighted by molar-refractivity contribution is -0.129. The van der Waals surface area contributed by atoms with Gasteiger partial charge in [0.15, 0.2) is 0 Å². The van der Waals surface area contributed by atoms with Gasteiger partial charge in [-0.3, -0.25) is 4.79 Å². The third-order valence-corrected chi connectivity index (χ3v) is 6.21. The zero-order chi connectivity index (χ0) is 26.2. The van der Waals surface area contributed by atoms with Crippen molar-refractivity contribution in [2.45, 2.75) is 33.3 Å². The zero-order valence-electron chi connectivity index (χ0n) is 21.5. The fraction of sp³-hybridized carbons (Fsp3) is 0.333. The average Bonchev–Trinajstić information content (AvgIpc) is 3.51. The van der Waals surface area contributed by atoms with Crippen LogP contribution in [-0.4, -0.2) is 68.4 Å². The molecule has 37 heavy (non-hydrogen) atoms. The molecule has 4 heterocycles. The van der Waals surface area contributed by atoms with E-state index in [4.69, 9.17) is 4.74 Å². The predicted molar refractivity (Wildman–Crippen MR) is 143 cm³/mol. The van der Waals surface area contributed by atoms with Gasteiger partial charge in [-0.25, -0.2) is 9.78 Å². The summed E-state index contributed by atoms with van der Waals surface area (Å²) in [4.78, 5) is 35.9. The van der Waals surface area contributed by atoms with Gasteiger partial charge in [-0.1, -0.05) is 0 Å². The van der Waals surface area contributed by atoms with Gasteiger partial charge in [0.05, 0.1) is 11.7 Å². The van der Waals surface area contributed by atoms with Crippen LogP contribution in [0.1, 0.15) is 27.7 Å². The molecule has 1 aliphatic heterocycles. The standard InChI is InChI=1S/C27H31N7O3/c1-18(35)32-9-11-33(12-10-32)22-7-5-21(6-8-22)30-25-14-24-19(15-28-25)13-23(31-24)20-16-29-34(17-20)26(36)37-27(2,3)4/h5-8,13-17,31H,9-12H2,1-4H3,(H,28,30). The molecule has 0 unspecified atom stereocenters. The number of carbonyl (C=O) groups excluding carboxylic acids is 2. The van der Waals surface area contributed by atoms with Gasteiger partial charge < -0.3 is 24.8 Å². The molecule has 1 aliphatic rings. The number of benzene rings is 1. The number of hydrogen-bond donors (Lipinski definition) is 2. The Morgan fingerprint density at radius 3 is 2.43 bits per heavy atom. The van der Waals surface area contributed by atoms with Crippen LogP contribution in [0.15, 0.2) is 55.0 Å². The molecule has 0 aliphatic carbocycles. The van der Waals surface area contributed by atoms with Gasteiger partial charge in [-0.05, 0) is 51.1 Å². The highest BCUT2D eigenvalue weighted by molar-refractivity contribution is 5.87. The molecule has 10 nitrogen and oxygen atoms in total. The van der Waals surface area contributed by atoms with Crippen LogP contribution in [0.2, 0.25) is 0 Å². The second-order valence-corrected chi connectivity index (χ2v) is 10.2. The van der Waals surface area contributed by atoms with Gasteiger partial charge in [-0.2, -0.15) is 9.78 Å². The van der Waals surface area contributed by atoms with Gasteiger partial charge in [0.25, 0.3) is 0 Å². The summed E-state index contributed by atoms with van der Waals surface area (Å²) in [6.45, 7) is 10.2. The predicted octanol–water partition coefficient (Wildman–Crippen LogP) is 4.62.